The summed E-state index contributed by atoms with van der Waals surface area (Å²) in [5, 5.41) is 3.39. The molecule has 1 aliphatic heterocycles. The first-order valence-corrected chi connectivity index (χ1v) is 8.60. The molecule has 1 aliphatic rings. The van der Waals surface area contributed by atoms with Crippen molar-refractivity contribution in [2.75, 3.05) is 38.2 Å². The molecule has 1 fully saturated rings. The van der Waals surface area contributed by atoms with Crippen LogP contribution >= 0.6 is 0 Å². The van der Waals surface area contributed by atoms with Crippen molar-refractivity contribution in [1.82, 2.24) is 9.62 Å². The summed E-state index contributed by atoms with van der Waals surface area (Å²) >= 11 is 0. The maximum atomic E-state index is 12.1. The Morgan fingerprint density at radius 1 is 1.38 bits per heavy atom. The Balaban J connectivity index is 2.28. The predicted molar refractivity (Wildman–Crippen MR) is 85.8 cm³/mol. The minimum Gasteiger partial charge on any atom is -0.399 e. The molecular weight excluding hydrogens is 288 g/mol. The highest BCUT2D eigenvalue weighted by atomic mass is 32.2. The van der Waals surface area contributed by atoms with E-state index >= 15 is 0 Å². The summed E-state index contributed by atoms with van der Waals surface area (Å²) in [5.41, 5.74) is 6.78. The zero-order valence-electron chi connectivity index (χ0n) is 12.8. The van der Waals surface area contributed by atoms with Gasteiger partial charge in [-0.05, 0) is 51.2 Å². The summed E-state index contributed by atoms with van der Waals surface area (Å²) in [7, 11) is -0.0260. The molecule has 1 aromatic rings. The molecule has 7 heteroatoms. The van der Waals surface area contributed by atoms with Crippen LogP contribution in [0.3, 0.4) is 0 Å². The lowest BCUT2D eigenvalue weighted by Crippen LogP contribution is -2.43. The van der Waals surface area contributed by atoms with Gasteiger partial charge in [-0.25, -0.2) is 13.1 Å². The quantitative estimate of drug-likeness (QED) is 0.720. The zero-order chi connectivity index (χ0) is 15.6. The van der Waals surface area contributed by atoms with Gasteiger partial charge in [0.2, 0.25) is 10.0 Å². The number of nitrogens with one attached hydrogen (secondary N) is 2. The van der Waals surface area contributed by atoms with Crippen LogP contribution in [0.2, 0.25) is 0 Å². The van der Waals surface area contributed by atoms with Gasteiger partial charge in [0.05, 0.1) is 5.69 Å². The van der Waals surface area contributed by atoms with Gasteiger partial charge in [0.15, 0.2) is 0 Å². The number of piperidine rings is 1. The fraction of sp³-hybridized carbons (Fsp3) is 0.571. The molecule has 2 rings (SSSR count). The first-order valence-electron chi connectivity index (χ1n) is 7.11. The van der Waals surface area contributed by atoms with E-state index in [2.05, 4.69) is 28.9 Å². The van der Waals surface area contributed by atoms with Crippen LogP contribution < -0.4 is 15.8 Å². The molecule has 1 heterocycles. The van der Waals surface area contributed by atoms with Crippen LogP contribution in [0.4, 0.5) is 11.4 Å². The third kappa shape index (κ3) is 3.66. The van der Waals surface area contributed by atoms with E-state index in [4.69, 9.17) is 5.73 Å². The van der Waals surface area contributed by atoms with E-state index in [0.717, 1.165) is 19.5 Å². The topological polar surface area (TPSA) is 87.5 Å². The highest BCUT2D eigenvalue weighted by Crippen LogP contribution is 2.27. The summed E-state index contributed by atoms with van der Waals surface area (Å²) < 4.78 is 26.6. The smallest absolute Gasteiger partial charge is 0.242 e. The molecule has 1 saturated heterocycles. The van der Waals surface area contributed by atoms with E-state index in [1.54, 1.807) is 12.1 Å². The Morgan fingerprint density at radius 3 is 2.71 bits per heavy atom. The van der Waals surface area contributed by atoms with E-state index in [0.29, 0.717) is 17.3 Å². The molecule has 0 radical (unpaired) electrons. The largest absolute Gasteiger partial charge is 0.399 e. The maximum Gasteiger partial charge on any atom is 0.242 e. The summed E-state index contributed by atoms with van der Waals surface area (Å²) in [6.07, 6.45) is 0.987. The van der Waals surface area contributed by atoms with Crippen molar-refractivity contribution < 1.29 is 8.42 Å². The molecule has 0 aliphatic carbocycles. The first-order chi connectivity index (χ1) is 9.83. The van der Waals surface area contributed by atoms with Gasteiger partial charge >= 0.3 is 0 Å². The first kappa shape index (κ1) is 16.1. The lowest BCUT2D eigenvalue weighted by molar-refractivity contribution is 0.206. The molecular formula is C14H24N4O2S. The lowest BCUT2D eigenvalue weighted by atomic mass is 9.94. The molecule has 0 saturated carbocycles. The van der Waals surface area contributed by atoms with Crippen molar-refractivity contribution in [3.05, 3.63) is 18.2 Å². The van der Waals surface area contributed by atoms with Gasteiger partial charge in [0, 0.05) is 18.3 Å². The van der Waals surface area contributed by atoms with Crippen molar-refractivity contribution >= 4 is 21.4 Å². The summed E-state index contributed by atoms with van der Waals surface area (Å²) in [4.78, 5) is 2.49. The average Bonchev–Trinajstić information content (AvgIpc) is 2.43. The van der Waals surface area contributed by atoms with Gasteiger partial charge in [0.1, 0.15) is 4.90 Å². The zero-order valence-corrected chi connectivity index (χ0v) is 13.6. The molecule has 0 aromatic heterocycles. The number of hydrogen-bond acceptors (Lipinski definition) is 5. The number of likely N-dealkylation sites (tertiary alicyclic amines) is 1. The molecule has 118 valence electrons. The SMILES string of the molecule is CNS(=O)(=O)c1cc(N)ccc1NC1CCN(C)CC1C. The van der Waals surface area contributed by atoms with Gasteiger partial charge in [-0.15, -0.1) is 0 Å². The van der Waals surface area contributed by atoms with E-state index in [1.807, 2.05) is 0 Å². The Hall–Kier alpha value is -1.31. The van der Waals surface area contributed by atoms with Crippen LogP contribution in [0.1, 0.15) is 13.3 Å². The molecule has 0 spiro atoms. The standard InChI is InChI=1S/C14H24N4O2S/c1-10-9-18(3)7-6-12(10)17-13-5-4-11(15)8-14(13)21(19,20)16-2/h4-5,8,10,12,16-17H,6-7,9,15H2,1-3H3. The summed E-state index contributed by atoms with van der Waals surface area (Å²) in [6.45, 7) is 4.18. The monoisotopic (exact) mass is 312 g/mol. The number of hydrogen-bond donors (Lipinski definition) is 3. The average molecular weight is 312 g/mol. The number of nitrogens with two attached hydrogens (primary N) is 1. The maximum absolute atomic E-state index is 12.1. The third-order valence-electron chi connectivity index (χ3n) is 4.01. The number of nitrogens with zero attached hydrogens (tertiary/aromatic N) is 1. The minimum atomic E-state index is -3.53. The van der Waals surface area contributed by atoms with E-state index < -0.39 is 10.0 Å². The van der Waals surface area contributed by atoms with Crippen LogP contribution in [0.5, 0.6) is 0 Å². The van der Waals surface area contributed by atoms with Crippen LogP contribution in [0, 0.1) is 5.92 Å². The molecule has 0 bridgehead atoms. The Kier molecular flexibility index (Phi) is 4.75. The van der Waals surface area contributed by atoms with Crippen LogP contribution in [-0.2, 0) is 10.0 Å². The molecule has 21 heavy (non-hydrogen) atoms. The van der Waals surface area contributed by atoms with Crippen molar-refractivity contribution in [3.8, 4) is 0 Å². The van der Waals surface area contributed by atoms with E-state index in [-0.39, 0.29) is 10.9 Å². The normalized spacial score (nSPS) is 24.0. The second-order valence-electron chi connectivity index (χ2n) is 5.74. The minimum absolute atomic E-state index is 0.205. The number of sulfonamides is 1. The van der Waals surface area contributed by atoms with Crippen molar-refractivity contribution in [3.63, 3.8) is 0 Å². The second kappa shape index (κ2) is 6.21. The highest BCUT2D eigenvalue weighted by Gasteiger charge is 2.26. The van der Waals surface area contributed by atoms with Gasteiger partial charge in [-0.2, -0.15) is 0 Å². The number of benzene rings is 1. The number of rotatable bonds is 4. The number of nitrogen functional groups attached to an aromatic ring is 1. The van der Waals surface area contributed by atoms with Gasteiger partial charge in [0.25, 0.3) is 0 Å². The van der Waals surface area contributed by atoms with E-state index in [9.17, 15) is 8.42 Å². The number of anilines is 2. The van der Waals surface area contributed by atoms with Crippen molar-refractivity contribution in [1.29, 1.82) is 0 Å². The molecule has 2 unspecified atom stereocenters. The van der Waals surface area contributed by atoms with Crippen LogP contribution in [0.25, 0.3) is 0 Å². The second-order valence-corrected chi connectivity index (χ2v) is 7.60. The molecule has 0 amide bonds. The predicted octanol–water partition coefficient (Wildman–Crippen LogP) is 0.929. The highest BCUT2D eigenvalue weighted by molar-refractivity contribution is 7.89. The fourth-order valence-corrected chi connectivity index (χ4v) is 3.69. The summed E-state index contributed by atoms with van der Waals surface area (Å²) in [5.74, 6) is 0.450. The molecule has 6 nitrogen and oxygen atoms in total. The Labute approximate surface area is 126 Å². The fourth-order valence-electron chi connectivity index (χ4n) is 2.76. The van der Waals surface area contributed by atoms with Crippen LogP contribution in [-0.4, -0.2) is 46.5 Å². The lowest BCUT2D eigenvalue weighted by Gasteiger charge is -2.36. The van der Waals surface area contributed by atoms with E-state index in [1.165, 1.54) is 13.1 Å². The van der Waals surface area contributed by atoms with Crippen molar-refractivity contribution in [2.24, 2.45) is 5.92 Å². The molecule has 1 aromatic carbocycles. The van der Waals surface area contributed by atoms with Crippen molar-refractivity contribution in [2.45, 2.75) is 24.3 Å². The third-order valence-corrected chi connectivity index (χ3v) is 5.47. The Morgan fingerprint density at radius 2 is 2.10 bits per heavy atom. The van der Waals surface area contributed by atoms with Crippen LogP contribution in [0.15, 0.2) is 23.1 Å². The Bertz CT molecular complexity index is 603. The van der Waals surface area contributed by atoms with Gasteiger partial charge in [-0.1, -0.05) is 6.92 Å². The molecule has 4 N–H and O–H groups in total. The molecule has 2 atom stereocenters. The van der Waals surface area contributed by atoms with Gasteiger partial charge in [-0.3, -0.25) is 0 Å². The summed E-state index contributed by atoms with van der Waals surface area (Å²) in [6, 6.07) is 5.21. The van der Waals surface area contributed by atoms with Gasteiger partial charge < -0.3 is 16.0 Å².